The van der Waals surface area contributed by atoms with Gasteiger partial charge >= 0.3 is 0 Å². The molecule has 0 saturated heterocycles. The van der Waals surface area contributed by atoms with Gasteiger partial charge in [0.1, 0.15) is 5.41 Å². The van der Waals surface area contributed by atoms with Crippen LogP contribution in [0.4, 0.5) is 0 Å². The molecule has 2 aliphatic carbocycles. The highest BCUT2D eigenvalue weighted by Gasteiger charge is 2.46. The van der Waals surface area contributed by atoms with Crippen molar-refractivity contribution in [2.45, 2.75) is 6.42 Å². The fourth-order valence-corrected chi connectivity index (χ4v) is 2.65. The van der Waals surface area contributed by atoms with Crippen molar-refractivity contribution in [3.63, 3.8) is 0 Å². The topological polar surface area (TPSA) is 29.1 Å². The highest BCUT2D eigenvalue weighted by Crippen LogP contribution is 2.47. The second-order valence-electron chi connectivity index (χ2n) is 4.09. The van der Waals surface area contributed by atoms with E-state index in [1.807, 2.05) is 36.5 Å². The van der Waals surface area contributed by atoms with Crippen molar-refractivity contribution < 1.29 is 4.79 Å². The summed E-state index contributed by atoms with van der Waals surface area (Å²) in [6.45, 7) is 0. The third-order valence-corrected chi connectivity index (χ3v) is 3.56. The number of hydrogen-bond donors (Lipinski definition) is 1. The molecule has 80 valence electrons. The minimum Gasteiger partial charge on any atom is -0.332 e. The van der Waals surface area contributed by atoms with Gasteiger partial charge < -0.3 is 5.32 Å². The van der Waals surface area contributed by atoms with Crippen LogP contribution in [0.15, 0.2) is 58.8 Å². The summed E-state index contributed by atoms with van der Waals surface area (Å²) >= 11 is 5.99. The Hall–Kier alpha value is -1.54. The van der Waals surface area contributed by atoms with Crippen LogP contribution in [0, 0.1) is 5.41 Å². The second-order valence-corrected chi connectivity index (χ2v) is 4.52. The highest BCUT2D eigenvalue weighted by atomic mass is 35.5. The van der Waals surface area contributed by atoms with Crippen molar-refractivity contribution >= 4 is 17.5 Å². The van der Waals surface area contributed by atoms with Gasteiger partial charge in [-0.1, -0.05) is 35.9 Å². The summed E-state index contributed by atoms with van der Waals surface area (Å²) in [5, 5.41) is 3.48. The fourth-order valence-electron chi connectivity index (χ4n) is 2.45. The van der Waals surface area contributed by atoms with Crippen molar-refractivity contribution in [3.8, 4) is 0 Å². The van der Waals surface area contributed by atoms with Crippen LogP contribution in [0.25, 0.3) is 0 Å². The maximum absolute atomic E-state index is 12.1. The van der Waals surface area contributed by atoms with E-state index in [0.717, 1.165) is 11.1 Å². The van der Waals surface area contributed by atoms with Crippen LogP contribution in [0.1, 0.15) is 6.42 Å². The molecule has 1 spiro atoms. The Kier molecular flexibility index (Phi) is 1.95. The van der Waals surface area contributed by atoms with Gasteiger partial charge in [0.15, 0.2) is 0 Å². The van der Waals surface area contributed by atoms with Crippen LogP contribution in [-0.2, 0) is 4.79 Å². The summed E-state index contributed by atoms with van der Waals surface area (Å²) in [7, 11) is 0. The average Bonchev–Trinajstić information content (AvgIpc) is 2.28. The van der Waals surface area contributed by atoms with Crippen LogP contribution in [0.5, 0.6) is 0 Å². The number of amides is 1. The van der Waals surface area contributed by atoms with Crippen LogP contribution in [0.2, 0.25) is 0 Å². The molecule has 2 nitrogen and oxygen atoms in total. The Bertz CT molecular complexity index is 522. The molecule has 1 heterocycles. The number of nitrogens with one attached hydrogen (secondary N) is 1. The molecule has 1 aliphatic heterocycles. The minimum absolute atomic E-state index is 0.0252. The predicted molar refractivity (Wildman–Crippen MR) is 63.6 cm³/mol. The summed E-state index contributed by atoms with van der Waals surface area (Å²) in [5.74, 6) is 0.0252. The van der Waals surface area contributed by atoms with Crippen molar-refractivity contribution in [2.24, 2.45) is 5.41 Å². The van der Waals surface area contributed by atoms with E-state index in [4.69, 9.17) is 11.6 Å². The average molecular weight is 232 g/mol. The summed E-state index contributed by atoms with van der Waals surface area (Å²) in [4.78, 5) is 12.1. The maximum atomic E-state index is 12.1. The van der Waals surface area contributed by atoms with Gasteiger partial charge in [-0.05, 0) is 29.7 Å². The van der Waals surface area contributed by atoms with Crippen molar-refractivity contribution in [1.82, 2.24) is 5.32 Å². The molecule has 3 rings (SSSR count). The van der Waals surface area contributed by atoms with E-state index in [2.05, 4.69) is 5.32 Å². The largest absolute Gasteiger partial charge is 0.332 e. The predicted octanol–water partition coefficient (Wildman–Crippen LogP) is 2.57. The van der Waals surface area contributed by atoms with Gasteiger partial charge in [0.2, 0.25) is 5.91 Å². The lowest BCUT2D eigenvalue weighted by Crippen LogP contribution is -2.45. The quantitative estimate of drug-likeness (QED) is 0.682. The number of hydrogen-bond acceptors (Lipinski definition) is 1. The molecule has 1 amide bonds. The first kappa shape index (κ1) is 9.67. The van der Waals surface area contributed by atoms with Crippen molar-refractivity contribution in [1.29, 1.82) is 0 Å². The Balaban J connectivity index is 2.23. The molecule has 3 heteroatoms. The molecule has 0 aromatic rings. The van der Waals surface area contributed by atoms with Crippen LogP contribution < -0.4 is 5.32 Å². The van der Waals surface area contributed by atoms with E-state index in [-0.39, 0.29) is 5.91 Å². The summed E-state index contributed by atoms with van der Waals surface area (Å²) in [6.07, 6.45) is 13.9. The highest BCUT2D eigenvalue weighted by molar-refractivity contribution is 6.31. The molecule has 0 aromatic carbocycles. The van der Waals surface area contributed by atoms with Crippen LogP contribution >= 0.6 is 11.6 Å². The molecule has 0 fully saturated rings. The first-order valence-electron chi connectivity index (χ1n) is 5.18. The first-order chi connectivity index (χ1) is 7.73. The minimum atomic E-state index is -0.554. The van der Waals surface area contributed by atoms with Gasteiger partial charge in [-0.3, -0.25) is 4.79 Å². The molecule has 16 heavy (non-hydrogen) atoms. The lowest BCUT2D eigenvalue weighted by Gasteiger charge is -2.39. The molecule has 1 unspecified atom stereocenters. The molecular formula is C13H10ClNO. The molecule has 0 aromatic heterocycles. The van der Waals surface area contributed by atoms with E-state index in [0.29, 0.717) is 11.5 Å². The Morgan fingerprint density at radius 1 is 1.31 bits per heavy atom. The summed E-state index contributed by atoms with van der Waals surface area (Å²) < 4.78 is 0. The third-order valence-electron chi connectivity index (χ3n) is 3.30. The van der Waals surface area contributed by atoms with E-state index in [1.54, 1.807) is 6.20 Å². The summed E-state index contributed by atoms with van der Waals surface area (Å²) in [6, 6.07) is 0. The number of halogens is 1. The Morgan fingerprint density at radius 2 is 2.19 bits per heavy atom. The van der Waals surface area contributed by atoms with Gasteiger partial charge in [0.25, 0.3) is 0 Å². The van der Waals surface area contributed by atoms with E-state index >= 15 is 0 Å². The fraction of sp³-hybridized carbons (Fsp3) is 0.154. The molecular weight excluding hydrogens is 222 g/mol. The number of allylic oxidation sites excluding steroid dienone is 7. The molecule has 1 atom stereocenters. The van der Waals surface area contributed by atoms with Crippen LogP contribution in [-0.4, -0.2) is 5.91 Å². The van der Waals surface area contributed by atoms with Gasteiger partial charge in [-0.25, -0.2) is 0 Å². The maximum Gasteiger partial charge on any atom is 0.239 e. The summed E-state index contributed by atoms with van der Waals surface area (Å²) in [5.41, 5.74) is 1.45. The molecule has 0 saturated carbocycles. The third kappa shape index (κ3) is 1.11. The van der Waals surface area contributed by atoms with Gasteiger partial charge in [-0.15, -0.1) is 0 Å². The molecule has 0 bridgehead atoms. The lowest BCUT2D eigenvalue weighted by atomic mass is 9.65. The number of rotatable bonds is 0. The standard InChI is InChI=1S/C13H10ClNO/c14-11-4-6-13-9(5-7-15-12(13)16)2-1-3-10(13)8-11/h1-5,7-8H,6H2,(H,15,16). The lowest BCUT2D eigenvalue weighted by molar-refractivity contribution is -0.126. The zero-order valence-electron chi connectivity index (χ0n) is 8.53. The van der Waals surface area contributed by atoms with Crippen molar-refractivity contribution in [3.05, 3.63) is 58.8 Å². The first-order valence-corrected chi connectivity index (χ1v) is 5.55. The zero-order valence-corrected chi connectivity index (χ0v) is 9.29. The smallest absolute Gasteiger partial charge is 0.239 e. The van der Waals surface area contributed by atoms with E-state index < -0.39 is 5.41 Å². The van der Waals surface area contributed by atoms with Crippen LogP contribution in [0.3, 0.4) is 0 Å². The normalized spacial score (nSPS) is 30.8. The van der Waals surface area contributed by atoms with Gasteiger partial charge in [-0.2, -0.15) is 0 Å². The second kappa shape index (κ2) is 3.22. The van der Waals surface area contributed by atoms with Gasteiger partial charge in [0, 0.05) is 11.2 Å². The zero-order chi connectivity index (χ0) is 11.2. The van der Waals surface area contributed by atoms with Gasteiger partial charge in [0.05, 0.1) is 0 Å². The van der Waals surface area contributed by atoms with Crippen molar-refractivity contribution in [2.75, 3.05) is 0 Å². The molecule has 1 N–H and O–H groups in total. The number of carbonyl (C=O) groups is 1. The monoisotopic (exact) mass is 231 g/mol. The Labute approximate surface area is 98.7 Å². The van der Waals surface area contributed by atoms with E-state index in [9.17, 15) is 4.79 Å². The Morgan fingerprint density at radius 3 is 3.06 bits per heavy atom. The molecule has 3 aliphatic rings. The SMILES string of the molecule is O=C1NC=CC2=CC=CC3=CC(Cl)=CCC123. The molecule has 0 radical (unpaired) electrons. The van der Waals surface area contributed by atoms with E-state index in [1.165, 1.54) is 0 Å². The number of carbonyl (C=O) groups excluding carboxylic acids is 1.